The Kier molecular flexibility index (Phi) is 6.36. The topological polar surface area (TPSA) is 84.7 Å². The van der Waals surface area contributed by atoms with Gasteiger partial charge in [-0.25, -0.2) is 0 Å². The van der Waals surface area contributed by atoms with Crippen LogP contribution >= 0.6 is 0 Å². The van der Waals surface area contributed by atoms with Crippen LogP contribution in [0, 0.1) is 5.92 Å². The summed E-state index contributed by atoms with van der Waals surface area (Å²) in [6.45, 7) is 1.84. The number of anilines is 1. The summed E-state index contributed by atoms with van der Waals surface area (Å²) in [5, 5.41) is 5.14. The predicted molar refractivity (Wildman–Crippen MR) is 122 cm³/mol. The zero-order valence-electron chi connectivity index (χ0n) is 17.4. The lowest BCUT2D eigenvalue weighted by Crippen LogP contribution is -2.41. The maximum atomic E-state index is 12.4. The minimum absolute atomic E-state index is 0.0476. The molecule has 1 aliphatic rings. The third-order valence-electron chi connectivity index (χ3n) is 5.72. The fourth-order valence-corrected chi connectivity index (χ4v) is 4.05. The number of primary amides is 1. The summed E-state index contributed by atoms with van der Waals surface area (Å²) >= 11 is 0. The molecule has 3 aromatic rings. The standard InChI is InChI=1S/C25H27N3O3/c26-25(30)21-9-5-13-28(16-21)23-10-4-3-8-20(23)15-27-24(29)17-31-22-12-11-18-6-1-2-7-19(18)14-22/h1-4,6-8,10-12,14,21H,5,9,13,15-17H2,(H2,26,30)(H,27,29). The normalized spacial score (nSPS) is 16.1. The number of nitrogens with zero attached hydrogens (tertiary/aromatic N) is 1. The van der Waals surface area contributed by atoms with E-state index in [2.05, 4.69) is 10.2 Å². The number of ether oxygens (including phenoxy) is 1. The van der Waals surface area contributed by atoms with Crippen LogP contribution in [0.4, 0.5) is 5.69 Å². The zero-order chi connectivity index (χ0) is 21.6. The first-order valence-corrected chi connectivity index (χ1v) is 10.6. The minimum Gasteiger partial charge on any atom is -0.484 e. The van der Waals surface area contributed by atoms with Gasteiger partial charge in [0.2, 0.25) is 5.91 Å². The summed E-state index contributed by atoms with van der Waals surface area (Å²) in [5.41, 5.74) is 7.56. The molecule has 0 saturated carbocycles. The number of fused-ring (bicyclic) bond motifs is 1. The SMILES string of the molecule is NC(=O)C1CCCN(c2ccccc2CNC(=O)COc2ccc3ccccc3c2)C1. The summed E-state index contributed by atoms with van der Waals surface area (Å²) in [7, 11) is 0. The van der Waals surface area contributed by atoms with E-state index >= 15 is 0 Å². The van der Waals surface area contributed by atoms with Crippen molar-refractivity contribution in [1.29, 1.82) is 0 Å². The van der Waals surface area contributed by atoms with E-state index in [9.17, 15) is 9.59 Å². The first-order chi connectivity index (χ1) is 15.1. The Balaban J connectivity index is 1.34. The van der Waals surface area contributed by atoms with Gasteiger partial charge >= 0.3 is 0 Å². The summed E-state index contributed by atoms with van der Waals surface area (Å²) < 4.78 is 5.68. The number of hydrogen-bond donors (Lipinski definition) is 2. The second-order valence-corrected chi connectivity index (χ2v) is 7.89. The number of rotatable bonds is 7. The van der Waals surface area contributed by atoms with Crippen molar-refractivity contribution < 1.29 is 14.3 Å². The number of nitrogens with two attached hydrogens (primary N) is 1. The highest BCUT2D eigenvalue weighted by molar-refractivity contribution is 5.84. The molecular weight excluding hydrogens is 390 g/mol. The molecule has 0 spiro atoms. The first-order valence-electron chi connectivity index (χ1n) is 10.6. The van der Waals surface area contributed by atoms with Crippen molar-refractivity contribution in [2.45, 2.75) is 19.4 Å². The van der Waals surface area contributed by atoms with E-state index in [4.69, 9.17) is 10.5 Å². The molecule has 160 valence electrons. The lowest BCUT2D eigenvalue weighted by Gasteiger charge is -2.34. The predicted octanol–water partition coefficient (Wildman–Crippen LogP) is 3.24. The molecule has 31 heavy (non-hydrogen) atoms. The van der Waals surface area contributed by atoms with E-state index in [1.807, 2.05) is 66.7 Å². The van der Waals surface area contributed by atoms with Crippen molar-refractivity contribution >= 4 is 28.3 Å². The minimum atomic E-state index is -0.249. The number of benzene rings is 3. The van der Waals surface area contributed by atoms with Crippen LogP contribution in [0.15, 0.2) is 66.7 Å². The van der Waals surface area contributed by atoms with E-state index in [1.165, 1.54) is 0 Å². The van der Waals surface area contributed by atoms with Crippen LogP contribution in [0.25, 0.3) is 10.8 Å². The van der Waals surface area contributed by atoms with Crippen molar-refractivity contribution in [3.8, 4) is 5.75 Å². The van der Waals surface area contributed by atoms with Gasteiger partial charge in [0, 0.05) is 25.3 Å². The molecule has 4 rings (SSSR count). The Labute approximate surface area is 182 Å². The van der Waals surface area contributed by atoms with Crippen LogP contribution in [0.3, 0.4) is 0 Å². The molecule has 1 atom stereocenters. The maximum Gasteiger partial charge on any atom is 0.258 e. The molecule has 0 bridgehead atoms. The number of amides is 2. The zero-order valence-corrected chi connectivity index (χ0v) is 17.4. The molecule has 1 fully saturated rings. The van der Waals surface area contributed by atoms with E-state index in [-0.39, 0.29) is 24.3 Å². The number of para-hydroxylation sites is 1. The average molecular weight is 418 g/mol. The summed E-state index contributed by atoms with van der Waals surface area (Å²) in [4.78, 5) is 26.2. The highest BCUT2D eigenvalue weighted by atomic mass is 16.5. The summed E-state index contributed by atoms with van der Waals surface area (Å²) in [5.74, 6) is 0.102. The number of nitrogens with one attached hydrogen (secondary N) is 1. The van der Waals surface area contributed by atoms with Crippen molar-refractivity contribution in [1.82, 2.24) is 5.32 Å². The molecule has 2 amide bonds. The smallest absolute Gasteiger partial charge is 0.258 e. The highest BCUT2D eigenvalue weighted by Gasteiger charge is 2.25. The third-order valence-corrected chi connectivity index (χ3v) is 5.72. The Morgan fingerprint density at radius 3 is 2.65 bits per heavy atom. The Morgan fingerprint density at radius 2 is 1.81 bits per heavy atom. The van der Waals surface area contributed by atoms with Gasteiger partial charge < -0.3 is 20.7 Å². The molecule has 1 aliphatic heterocycles. The van der Waals surface area contributed by atoms with Crippen LogP contribution in [0.5, 0.6) is 5.75 Å². The Morgan fingerprint density at radius 1 is 1.03 bits per heavy atom. The number of piperidine rings is 1. The van der Waals surface area contributed by atoms with Gasteiger partial charge in [-0.1, -0.05) is 48.5 Å². The van der Waals surface area contributed by atoms with Gasteiger partial charge in [0.1, 0.15) is 5.75 Å². The fraction of sp³-hybridized carbons (Fsp3) is 0.280. The molecule has 6 heteroatoms. The van der Waals surface area contributed by atoms with Crippen LogP contribution in [-0.4, -0.2) is 31.5 Å². The Bertz CT molecular complexity index is 1080. The molecule has 6 nitrogen and oxygen atoms in total. The highest BCUT2D eigenvalue weighted by Crippen LogP contribution is 2.26. The van der Waals surface area contributed by atoms with Crippen molar-refractivity contribution in [3.63, 3.8) is 0 Å². The number of hydrogen-bond acceptors (Lipinski definition) is 4. The molecule has 1 unspecified atom stereocenters. The van der Waals surface area contributed by atoms with Crippen LogP contribution < -0.4 is 20.7 Å². The van der Waals surface area contributed by atoms with Gasteiger partial charge in [-0.05, 0) is 47.4 Å². The van der Waals surface area contributed by atoms with Gasteiger partial charge in [0.25, 0.3) is 5.91 Å². The van der Waals surface area contributed by atoms with Gasteiger partial charge in [-0.2, -0.15) is 0 Å². The van der Waals surface area contributed by atoms with E-state index in [1.54, 1.807) is 0 Å². The summed E-state index contributed by atoms with van der Waals surface area (Å²) in [6, 6.07) is 21.8. The molecule has 1 saturated heterocycles. The second-order valence-electron chi connectivity index (χ2n) is 7.89. The monoisotopic (exact) mass is 417 g/mol. The van der Waals surface area contributed by atoms with Gasteiger partial charge in [-0.15, -0.1) is 0 Å². The largest absolute Gasteiger partial charge is 0.484 e. The molecule has 0 aliphatic carbocycles. The Hall–Kier alpha value is -3.54. The van der Waals surface area contributed by atoms with Crippen molar-refractivity contribution in [3.05, 3.63) is 72.3 Å². The van der Waals surface area contributed by atoms with E-state index in [0.29, 0.717) is 18.8 Å². The van der Waals surface area contributed by atoms with E-state index in [0.717, 1.165) is 41.4 Å². The van der Waals surface area contributed by atoms with Crippen LogP contribution in [0.2, 0.25) is 0 Å². The summed E-state index contributed by atoms with van der Waals surface area (Å²) in [6.07, 6.45) is 1.75. The molecule has 0 aromatic heterocycles. The molecule has 0 radical (unpaired) electrons. The van der Waals surface area contributed by atoms with Gasteiger partial charge in [0.15, 0.2) is 6.61 Å². The molecular formula is C25H27N3O3. The lowest BCUT2D eigenvalue weighted by atomic mass is 9.96. The average Bonchev–Trinajstić information content (AvgIpc) is 2.81. The van der Waals surface area contributed by atoms with Crippen molar-refractivity contribution in [2.24, 2.45) is 11.7 Å². The number of carbonyl (C=O) groups excluding carboxylic acids is 2. The third kappa shape index (κ3) is 5.15. The maximum absolute atomic E-state index is 12.4. The van der Waals surface area contributed by atoms with E-state index < -0.39 is 0 Å². The lowest BCUT2D eigenvalue weighted by molar-refractivity contribution is -0.123. The van der Waals surface area contributed by atoms with Gasteiger partial charge in [0.05, 0.1) is 5.92 Å². The fourth-order valence-electron chi connectivity index (χ4n) is 4.05. The van der Waals surface area contributed by atoms with Crippen LogP contribution in [0.1, 0.15) is 18.4 Å². The van der Waals surface area contributed by atoms with Crippen LogP contribution in [-0.2, 0) is 16.1 Å². The van der Waals surface area contributed by atoms with Crippen molar-refractivity contribution in [2.75, 3.05) is 24.6 Å². The molecule has 3 N–H and O–H groups in total. The quantitative estimate of drug-likeness (QED) is 0.618. The molecule has 1 heterocycles. The molecule has 3 aromatic carbocycles. The second kappa shape index (κ2) is 9.51. The number of carbonyl (C=O) groups is 2. The van der Waals surface area contributed by atoms with Gasteiger partial charge in [-0.3, -0.25) is 9.59 Å². The first kappa shape index (κ1) is 20.7.